The molecular formula is C17H19N3O4S. The molecule has 132 valence electrons. The summed E-state index contributed by atoms with van der Waals surface area (Å²) in [5.41, 5.74) is 4.06. The summed E-state index contributed by atoms with van der Waals surface area (Å²) >= 11 is 5.16. The molecule has 2 aromatic carbocycles. The van der Waals surface area contributed by atoms with Gasteiger partial charge in [0.25, 0.3) is 0 Å². The Morgan fingerprint density at radius 1 is 1.08 bits per heavy atom. The number of hydrazone groups is 1. The molecule has 7 nitrogen and oxygen atoms in total. The summed E-state index contributed by atoms with van der Waals surface area (Å²) in [7, 11) is 0. The normalized spacial score (nSPS) is 11.0. The van der Waals surface area contributed by atoms with Gasteiger partial charge in [0.1, 0.15) is 5.75 Å². The molecule has 0 amide bonds. The number of hydrogen-bond donors (Lipinski definition) is 5. The van der Waals surface area contributed by atoms with Crippen LogP contribution in [0.4, 0.5) is 5.69 Å². The third-order valence-corrected chi connectivity index (χ3v) is 3.46. The van der Waals surface area contributed by atoms with Crippen molar-refractivity contribution in [1.82, 2.24) is 5.43 Å². The van der Waals surface area contributed by atoms with E-state index in [2.05, 4.69) is 15.8 Å². The molecule has 0 atom stereocenters. The van der Waals surface area contributed by atoms with E-state index in [1.807, 2.05) is 31.2 Å². The second-order valence-electron chi connectivity index (χ2n) is 5.05. The van der Waals surface area contributed by atoms with Crippen molar-refractivity contribution in [3.05, 3.63) is 42.0 Å². The second kappa shape index (κ2) is 8.20. The summed E-state index contributed by atoms with van der Waals surface area (Å²) in [5, 5.41) is 36.0. The number of phenols is 3. The first-order chi connectivity index (χ1) is 11.9. The molecule has 2 rings (SSSR count). The fourth-order valence-corrected chi connectivity index (χ4v) is 2.18. The van der Waals surface area contributed by atoms with Gasteiger partial charge in [-0.05, 0) is 62.5 Å². The Kier molecular flexibility index (Phi) is 6.02. The van der Waals surface area contributed by atoms with Gasteiger partial charge in [0.05, 0.1) is 12.3 Å². The zero-order valence-electron chi connectivity index (χ0n) is 13.8. The fraction of sp³-hybridized carbons (Fsp3) is 0.176. The van der Waals surface area contributed by atoms with Gasteiger partial charge in [-0.3, -0.25) is 5.43 Å². The highest BCUT2D eigenvalue weighted by atomic mass is 32.1. The third kappa shape index (κ3) is 4.74. The van der Waals surface area contributed by atoms with E-state index in [4.69, 9.17) is 17.0 Å². The molecule has 0 aliphatic heterocycles. The number of phenolic OH excluding ortho intramolecular Hbond substituents is 3. The number of nitrogens with one attached hydrogen (secondary N) is 2. The van der Waals surface area contributed by atoms with Crippen LogP contribution in [0.1, 0.15) is 19.4 Å². The first-order valence-electron chi connectivity index (χ1n) is 7.50. The molecule has 0 fully saturated rings. The van der Waals surface area contributed by atoms with Crippen molar-refractivity contribution in [2.24, 2.45) is 5.10 Å². The Bertz CT molecular complexity index is 791. The van der Waals surface area contributed by atoms with Crippen LogP contribution < -0.4 is 15.5 Å². The number of thiocarbonyl (C=S) groups is 1. The predicted octanol–water partition coefficient (Wildman–Crippen LogP) is 2.91. The van der Waals surface area contributed by atoms with Crippen LogP contribution in [0.2, 0.25) is 0 Å². The highest BCUT2D eigenvalue weighted by Gasteiger charge is 2.13. The summed E-state index contributed by atoms with van der Waals surface area (Å²) in [6.45, 7) is 4.13. The van der Waals surface area contributed by atoms with Gasteiger partial charge in [0, 0.05) is 11.3 Å². The molecule has 0 radical (unpaired) electrons. The minimum atomic E-state index is -0.595. The highest BCUT2D eigenvalue weighted by Crippen LogP contribution is 2.37. The van der Waals surface area contributed by atoms with Crippen molar-refractivity contribution in [3.8, 4) is 23.0 Å². The van der Waals surface area contributed by atoms with Gasteiger partial charge in [-0.25, -0.2) is 0 Å². The standard InChI is InChI=1S/C17H19N3O4S/c1-3-24-12-6-4-11(5-7-12)18-17(25)20-19-10(2)13-8-9-14(21)16(23)15(13)22/h4-9,21-23H,3H2,1-2H3,(H2,18,20,25)/b19-10-. The van der Waals surface area contributed by atoms with E-state index in [0.717, 1.165) is 11.4 Å². The van der Waals surface area contributed by atoms with Crippen LogP contribution in [0, 0.1) is 0 Å². The topological polar surface area (TPSA) is 106 Å². The SMILES string of the molecule is CCOc1ccc(NC(=S)N/N=C(/C)c2ccc(O)c(O)c2O)cc1. The maximum absolute atomic E-state index is 9.84. The van der Waals surface area contributed by atoms with Crippen molar-refractivity contribution in [1.29, 1.82) is 0 Å². The first-order valence-corrected chi connectivity index (χ1v) is 7.91. The van der Waals surface area contributed by atoms with Crippen LogP contribution in [0.25, 0.3) is 0 Å². The number of nitrogens with zero attached hydrogens (tertiary/aromatic N) is 1. The molecular weight excluding hydrogens is 342 g/mol. The lowest BCUT2D eigenvalue weighted by molar-refractivity contribution is 0.340. The van der Waals surface area contributed by atoms with Crippen molar-refractivity contribution in [2.75, 3.05) is 11.9 Å². The fourth-order valence-electron chi connectivity index (χ4n) is 2.02. The van der Waals surface area contributed by atoms with Gasteiger partial charge in [-0.15, -0.1) is 0 Å². The summed E-state index contributed by atoms with van der Waals surface area (Å²) in [6.07, 6.45) is 0. The molecule has 0 aromatic heterocycles. The van der Waals surface area contributed by atoms with Gasteiger partial charge in [0.2, 0.25) is 5.75 Å². The van der Waals surface area contributed by atoms with Crippen molar-refractivity contribution >= 4 is 28.7 Å². The van der Waals surface area contributed by atoms with Crippen LogP contribution >= 0.6 is 12.2 Å². The lowest BCUT2D eigenvalue weighted by Crippen LogP contribution is -2.24. The number of ether oxygens (including phenoxy) is 1. The Morgan fingerprint density at radius 3 is 2.40 bits per heavy atom. The predicted molar refractivity (Wildman–Crippen MR) is 101 cm³/mol. The molecule has 0 saturated heterocycles. The summed E-state index contributed by atoms with van der Waals surface area (Å²) in [5.74, 6) is -0.686. The Morgan fingerprint density at radius 2 is 1.76 bits per heavy atom. The van der Waals surface area contributed by atoms with Crippen LogP contribution in [0.15, 0.2) is 41.5 Å². The Balaban J connectivity index is 2.00. The molecule has 0 spiro atoms. The van der Waals surface area contributed by atoms with E-state index >= 15 is 0 Å². The Hall–Kier alpha value is -3.00. The minimum absolute atomic E-state index is 0.256. The van der Waals surface area contributed by atoms with Crippen LogP contribution in [0.3, 0.4) is 0 Å². The molecule has 0 bridgehead atoms. The largest absolute Gasteiger partial charge is 0.504 e. The molecule has 25 heavy (non-hydrogen) atoms. The molecule has 8 heteroatoms. The summed E-state index contributed by atoms with van der Waals surface area (Å²) in [4.78, 5) is 0. The van der Waals surface area contributed by atoms with Gasteiger partial charge in [-0.2, -0.15) is 5.10 Å². The third-order valence-electron chi connectivity index (χ3n) is 3.27. The van der Waals surface area contributed by atoms with Crippen LogP contribution in [-0.2, 0) is 0 Å². The number of anilines is 1. The van der Waals surface area contributed by atoms with Crippen molar-refractivity contribution < 1.29 is 20.1 Å². The highest BCUT2D eigenvalue weighted by molar-refractivity contribution is 7.80. The minimum Gasteiger partial charge on any atom is -0.504 e. The maximum atomic E-state index is 9.84. The summed E-state index contributed by atoms with van der Waals surface area (Å²) < 4.78 is 5.36. The smallest absolute Gasteiger partial charge is 0.200 e. The van der Waals surface area contributed by atoms with Crippen LogP contribution in [0.5, 0.6) is 23.0 Å². The molecule has 0 heterocycles. The molecule has 5 N–H and O–H groups in total. The number of benzene rings is 2. The molecule has 0 saturated carbocycles. The quantitative estimate of drug-likeness (QED) is 0.241. The van der Waals surface area contributed by atoms with Gasteiger partial charge < -0.3 is 25.4 Å². The lowest BCUT2D eigenvalue weighted by Gasteiger charge is -2.10. The van der Waals surface area contributed by atoms with E-state index in [1.165, 1.54) is 12.1 Å². The average molecular weight is 361 g/mol. The second-order valence-corrected chi connectivity index (χ2v) is 5.46. The monoisotopic (exact) mass is 361 g/mol. The molecule has 0 aliphatic carbocycles. The van der Waals surface area contributed by atoms with E-state index in [0.29, 0.717) is 12.3 Å². The molecule has 0 aliphatic rings. The van der Waals surface area contributed by atoms with Crippen LogP contribution in [-0.4, -0.2) is 32.8 Å². The van der Waals surface area contributed by atoms with E-state index in [9.17, 15) is 15.3 Å². The zero-order valence-corrected chi connectivity index (χ0v) is 14.6. The lowest BCUT2D eigenvalue weighted by atomic mass is 10.1. The van der Waals surface area contributed by atoms with Crippen molar-refractivity contribution in [3.63, 3.8) is 0 Å². The number of rotatable bonds is 5. The number of hydrogen-bond acceptors (Lipinski definition) is 6. The molecule has 0 unspecified atom stereocenters. The van der Waals surface area contributed by atoms with Gasteiger partial charge in [0.15, 0.2) is 16.6 Å². The Labute approximate surface area is 150 Å². The zero-order chi connectivity index (χ0) is 18.4. The van der Waals surface area contributed by atoms with E-state index < -0.39 is 17.2 Å². The first kappa shape index (κ1) is 18.3. The van der Waals surface area contributed by atoms with Gasteiger partial charge >= 0.3 is 0 Å². The van der Waals surface area contributed by atoms with E-state index in [-0.39, 0.29) is 10.7 Å². The van der Waals surface area contributed by atoms with Gasteiger partial charge in [-0.1, -0.05) is 0 Å². The summed E-state index contributed by atoms with van der Waals surface area (Å²) in [6, 6.07) is 9.98. The number of aromatic hydroxyl groups is 3. The molecule has 2 aromatic rings. The average Bonchev–Trinajstić information content (AvgIpc) is 2.60. The van der Waals surface area contributed by atoms with Crippen molar-refractivity contribution in [2.45, 2.75) is 13.8 Å². The van der Waals surface area contributed by atoms with E-state index in [1.54, 1.807) is 6.92 Å². The maximum Gasteiger partial charge on any atom is 0.200 e.